The van der Waals surface area contributed by atoms with E-state index in [1.54, 1.807) is 0 Å². The van der Waals surface area contributed by atoms with Crippen LogP contribution in [0.3, 0.4) is 0 Å². The fourth-order valence-electron chi connectivity index (χ4n) is 2.67. The summed E-state index contributed by atoms with van der Waals surface area (Å²) in [6, 6.07) is 14.1. The Kier molecular flexibility index (Phi) is 4.81. The first kappa shape index (κ1) is 15.4. The standard InChI is InChI=1S/C19H21NO3/c1-14-4-2-3-5-16(14)10-11-20-19(21)9-7-15-6-8-17-18(12-15)23-13-22-17/h2-6,8,12H,7,9-11,13H2,1H3,(H,20,21). The van der Waals surface area contributed by atoms with Gasteiger partial charge in [0.2, 0.25) is 12.7 Å². The predicted molar refractivity (Wildman–Crippen MR) is 88.8 cm³/mol. The molecule has 0 saturated heterocycles. The number of hydrogen-bond acceptors (Lipinski definition) is 3. The number of nitrogens with one attached hydrogen (secondary N) is 1. The number of fused-ring (bicyclic) bond motifs is 1. The van der Waals surface area contributed by atoms with Crippen LogP contribution in [0.1, 0.15) is 23.1 Å². The van der Waals surface area contributed by atoms with Gasteiger partial charge >= 0.3 is 0 Å². The van der Waals surface area contributed by atoms with E-state index in [2.05, 4.69) is 24.4 Å². The maximum absolute atomic E-state index is 12.0. The third kappa shape index (κ3) is 4.03. The smallest absolute Gasteiger partial charge is 0.231 e. The van der Waals surface area contributed by atoms with Crippen molar-refractivity contribution in [1.29, 1.82) is 0 Å². The molecule has 2 aromatic rings. The largest absolute Gasteiger partial charge is 0.454 e. The number of hydrogen-bond donors (Lipinski definition) is 1. The number of amides is 1. The Morgan fingerprint density at radius 3 is 2.78 bits per heavy atom. The average molecular weight is 311 g/mol. The fraction of sp³-hybridized carbons (Fsp3) is 0.316. The van der Waals surface area contributed by atoms with Crippen LogP contribution >= 0.6 is 0 Å². The maximum atomic E-state index is 12.0. The summed E-state index contributed by atoms with van der Waals surface area (Å²) in [7, 11) is 0. The Morgan fingerprint density at radius 1 is 1.09 bits per heavy atom. The molecule has 0 saturated carbocycles. The fourth-order valence-corrected chi connectivity index (χ4v) is 2.67. The molecule has 1 amide bonds. The van der Waals surface area contributed by atoms with Gasteiger partial charge in [-0.15, -0.1) is 0 Å². The lowest BCUT2D eigenvalue weighted by molar-refractivity contribution is -0.121. The maximum Gasteiger partial charge on any atom is 0.231 e. The van der Waals surface area contributed by atoms with Crippen LogP contribution < -0.4 is 14.8 Å². The average Bonchev–Trinajstić information content (AvgIpc) is 3.02. The predicted octanol–water partition coefficient (Wildman–Crippen LogP) is 3.02. The molecule has 0 aromatic heterocycles. The summed E-state index contributed by atoms with van der Waals surface area (Å²) in [4.78, 5) is 12.0. The molecule has 0 spiro atoms. The molecule has 0 unspecified atom stereocenters. The van der Waals surface area contributed by atoms with Crippen molar-refractivity contribution in [3.05, 3.63) is 59.2 Å². The molecule has 0 bridgehead atoms. The molecule has 4 heteroatoms. The molecule has 23 heavy (non-hydrogen) atoms. The van der Waals surface area contributed by atoms with E-state index in [1.165, 1.54) is 11.1 Å². The van der Waals surface area contributed by atoms with Gasteiger partial charge in [0.05, 0.1) is 0 Å². The summed E-state index contributed by atoms with van der Waals surface area (Å²) >= 11 is 0. The molecule has 1 aliphatic rings. The molecule has 0 atom stereocenters. The lowest BCUT2D eigenvalue weighted by atomic mass is 10.1. The highest BCUT2D eigenvalue weighted by molar-refractivity contribution is 5.76. The number of benzene rings is 2. The van der Waals surface area contributed by atoms with Crippen molar-refractivity contribution in [3.8, 4) is 11.5 Å². The van der Waals surface area contributed by atoms with Crippen molar-refractivity contribution in [2.75, 3.05) is 13.3 Å². The van der Waals surface area contributed by atoms with Gasteiger partial charge in [-0.25, -0.2) is 0 Å². The second kappa shape index (κ2) is 7.18. The second-order valence-electron chi connectivity index (χ2n) is 5.71. The minimum Gasteiger partial charge on any atom is -0.454 e. The first-order valence-corrected chi connectivity index (χ1v) is 7.92. The van der Waals surface area contributed by atoms with E-state index in [9.17, 15) is 4.79 Å². The molecule has 0 fully saturated rings. The highest BCUT2D eigenvalue weighted by Gasteiger charge is 2.13. The van der Waals surface area contributed by atoms with Crippen molar-refractivity contribution in [2.45, 2.75) is 26.2 Å². The summed E-state index contributed by atoms with van der Waals surface area (Å²) in [5, 5.41) is 2.99. The lowest BCUT2D eigenvalue weighted by Gasteiger charge is -2.08. The first-order valence-electron chi connectivity index (χ1n) is 7.92. The molecule has 0 aliphatic carbocycles. The lowest BCUT2D eigenvalue weighted by Crippen LogP contribution is -2.26. The molecule has 4 nitrogen and oxygen atoms in total. The van der Waals surface area contributed by atoms with Crippen LogP contribution in [0, 0.1) is 6.92 Å². The van der Waals surface area contributed by atoms with Gasteiger partial charge in [-0.05, 0) is 48.6 Å². The Balaban J connectivity index is 1.42. The van der Waals surface area contributed by atoms with Crippen LogP contribution in [0.5, 0.6) is 11.5 Å². The van der Waals surface area contributed by atoms with Crippen molar-refractivity contribution >= 4 is 5.91 Å². The van der Waals surface area contributed by atoms with Gasteiger partial charge < -0.3 is 14.8 Å². The summed E-state index contributed by atoms with van der Waals surface area (Å²) in [6.45, 7) is 3.04. The highest BCUT2D eigenvalue weighted by atomic mass is 16.7. The SMILES string of the molecule is Cc1ccccc1CCNC(=O)CCc1ccc2c(c1)OCO2. The number of aryl methyl sites for hydroxylation is 2. The van der Waals surface area contributed by atoms with Gasteiger partial charge in [-0.3, -0.25) is 4.79 Å². The third-order valence-electron chi connectivity index (χ3n) is 4.06. The molecule has 2 aromatic carbocycles. The van der Waals surface area contributed by atoms with Crippen LogP contribution in [0.15, 0.2) is 42.5 Å². The quantitative estimate of drug-likeness (QED) is 0.892. The molecular formula is C19H21NO3. The van der Waals surface area contributed by atoms with Crippen LogP contribution in [-0.4, -0.2) is 19.2 Å². The van der Waals surface area contributed by atoms with Gasteiger partial charge in [0.15, 0.2) is 11.5 Å². The van der Waals surface area contributed by atoms with E-state index in [-0.39, 0.29) is 12.7 Å². The number of carbonyl (C=O) groups is 1. The molecule has 0 radical (unpaired) electrons. The zero-order chi connectivity index (χ0) is 16.1. The van der Waals surface area contributed by atoms with Crippen LogP contribution in [-0.2, 0) is 17.6 Å². The number of rotatable bonds is 6. The van der Waals surface area contributed by atoms with E-state index in [0.717, 1.165) is 23.5 Å². The molecule has 1 aliphatic heterocycles. The minimum absolute atomic E-state index is 0.0799. The van der Waals surface area contributed by atoms with Gasteiger partial charge in [0.1, 0.15) is 0 Å². The van der Waals surface area contributed by atoms with Crippen molar-refractivity contribution in [1.82, 2.24) is 5.32 Å². The summed E-state index contributed by atoms with van der Waals surface area (Å²) in [5.41, 5.74) is 3.63. The van der Waals surface area contributed by atoms with Crippen LogP contribution in [0.25, 0.3) is 0 Å². The Hall–Kier alpha value is -2.49. The third-order valence-corrected chi connectivity index (χ3v) is 4.06. The zero-order valence-electron chi connectivity index (χ0n) is 13.3. The minimum atomic E-state index is 0.0799. The van der Waals surface area contributed by atoms with Gasteiger partial charge in [-0.1, -0.05) is 30.3 Å². The first-order chi connectivity index (χ1) is 11.2. The normalized spacial score (nSPS) is 12.2. The topological polar surface area (TPSA) is 47.6 Å². The summed E-state index contributed by atoms with van der Waals surface area (Å²) < 4.78 is 10.6. The van der Waals surface area contributed by atoms with E-state index in [0.29, 0.717) is 19.4 Å². The second-order valence-corrected chi connectivity index (χ2v) is 5.71. The van der Waals surface area contributed by atoms with Crippen molar-refractivity contribution < 1.29 is 14.3 Å². The number of ether oxygens (including phenoxy) is 2. The van der Waals surface area contributed by atoms with Gasteiger partial charge in [-0.2, -0.15) is 0 Å². The molecule has 3 rings (SSSR count). The van der Waals surface area contributed by atoms with Crippen LogP contribution in [0.4, 0.5) is 0 Å². The monoisotopic (exact) mass is 311 g/mol. The molecular weight excluding hydrogens is 290 g/mol. The summed E-state index contributed by atoms with van der Waals surface area (Å²) in [5.74, 6) is 1.62. The van der Waals surface area contributed by atoms with Gasteiger partial charge in [0.25, 0.3) is 0 Å². The zero-order valence-corrected chi connectivity index (χ0v) is 13.3. The van der Waals surface area contributed by atoms with Crippen molar-refractivity contribution in [3.63, 3.8) is 0 Å². The van der Waals surface area contributed by atoms with Crippen LogP contribution in [0.2, 0.25) is 0 Å². The van der Waals surface area contributed by atoms with E-state index >= 15 is 0 Å². The molecule has 1 heterocycles. The Labute approximate surface area is 136 Å². The van der Waals surface area contributed by atoms with E-state index in [1.807, 2.05) is 30.3 Å². The Morgan fingerprint density at radius 2 is 1.91 bits per heavy atom. The number of carbonyl (C=O) groups excluding carboxylic acids is 1. The molecule has 1 N–H and O–H groups in total. The van der Waals surface area contributed by atoms with Crippen molar-refractivity contribution in [2.24, 2.45) is 0 Å². The highest BCUT2D eigenvalue weighted by Crippen LogP contribution is 2.32. The summed E-state index contributed by atoms with van der Waals surface area (Å²) in [6.07, 6.45) is 2.04. The van der Waals surface area contributed by atoms with E-state index in [4.69, 9.17) is 9.47 Å². The Bertz CT molecular complexity index is 697. The van der Waals surface area contributed by atoms with Gasteiger partial charge in [0, 0.05) is 13.0 Å². The molecule has 120 valence electrons. The van der Waals surface area contributed by atoms with E-state index < -0.39 is 0 Å².